The van der Waals surface area contributed by atoms with Crippen molar-refractivity contribution in [2.24, 2.45) is 10.7 Å². The summed E-state index contributed by atoms with van der Waals surface area (Å²) in [6.07, 6.45) is 1.99. The maximum absolute atomic E-state index is 5.42. The maximum Gasteiger partial charge on any atom is 0.185 e. The van der Waals surface area contributed by atoms with Gasteiger partial charge < -0.3 is 5.73 Å². The van der Waals surface area contributed by atoms with E-state index in [9.17, 15) is 0 Å². The molecule has 2 N–H and O–H groups in total. The molecule has 0 aromatic heterocycles. The fourth-order valence-corrected chi connectivity index (χ4v) is 1.06. The van der Waals surface area contributed by atoms with Gasteiger partial charge in [-0.3, -0.25) is 4.48 Å². The van der Waals surface area contributed by atoms with Crippen LogP contribution in [0.2, 0.25) is 0 Å². The van der Waals surface area contributed by atoms with Crippen LogP contribution in [-0.2, 0) is 0 Å². The van der Waals surface area contributed by atoms with Gasteiger partial charge in [0.2, 0.25) is 0 Å². The second kappa shape index (κ2) is 2.45. The SMILES string of the molecule is C[N+]1(CCN)C=NCC1. The van der Waals surface area contributed by atoms with Crippen LogP contribution in [0.3, 0.4) is 0 Å². The van der Waals surface area contributed by atoms with E-state index >= 15 is 0 Å². The van der Waals surface area contributed by atoms with Crippen LogP contribution in [-0.4, -0.2) is 44.0 Å². The minimum absolute atomic E-state index is 0.752. The Morgan fingerprint density at radius 3 is 3.00 bits per heavy atom. The maximum atomic E-state index is 5.42. The van der Waals surface area contributed by atoms with Crippen LogP contribution in [0.1, 0.15) is 0 Å². The summed E-state index contributed by atoms with van der Waals surface area (Å²) in [5.41, 5.74) is 5.42. The summed E-state index contributed by atoms with van der Waals surface area (Å²) in [6, 6.07) is 0. The van der Waals surface area contributed by atoms with Gasteiger partial charge in [-0.2, -0.15) is 0 Å². The highest BCUT2D eigenvalue weighted by atomic mass is 15.4. The fraction of sp³-hybridized carbons (Fsp3) is 0.833. The van der Waals surface area contributed by atoms with Gasteiger partial charge in [0.1, 0.15) is 6.54 Å². The summed E-state index contributed by atoms with van der Waals surface area (Å²) >= 11 is 0. The van der Waals surface area contributed by atoms with E-state index in [0.29, 0.717) is 0 Å². The number of nitrogens with two attached hydrogens (primary N) is 1. The van der Waals surface area contributed by atoms with Crippen molar-refractivity contribution >= 4 is 6.34 Å². The van der Waals surface area contributed by atoms with E-state index in [-0.39, 0.29) is 0 Å². The molecule has 0 saturated carbocycles. The predicted octanol–water partition coefficient (Wildman–Crippen LogP) is -0.566. The Bertz CT molecular complexity index is 121. The van der Waals surface area contributed by atoms with Gasteiger partial charge in [0.25, 0.3) is 0 Å². The van der Waals surface area contributed by atoms with Crippen LogP contribution < -0.4 is 5.73 Å². The molecular formula is C6H14N3+. The Morgan fingerprint density at radius 1 is 1.78 bits per heavy atom. The van der Waals surface area contributed by atoms with Crippen molar-refractivity contribution in [1.29, 1.82) is 0 Å². The molecule has 1 atom stereocenters. The molecule has 0 fully saturated rings. The molecule has 0 spiro atoms. The molecule has 9 heavy (non-hydrogen) atoms. The summed E-state index contributed by atoms with van der Waals surface area (Å²) in [5.74, 6) is 0. The number of nitrogens with zero attached hydrogens (tertiary/aromatic N) is 2. The largest absolute Gasteiger partial charge is 0.326 e. The molecule has 0 aromatic carbocycles. The topological polar surface area (TPSA) is 38.4 Å². The lowest BCUT2D eigenvalue weighted by atomic mass is 10.4. The van der Waals surface area contributed by atoms with E-state index in [4.69, 9.17) is 5.73 Å². The van der Waals surface area contributed by atoms with E-state index in [1.165, 1.54) is 0 Å². The van der Waals surface area contributed by atoms with Gasteiger partial charge in [0.15, 0.2) is 6.34 Å². The summed E-state index contributed by atoms with van der Waals surface area (Å²) in [7, 11) is 2.16. The second-order valence-corrected chi connectivity index (χ2v) is 2.74. The highest BCUT2D eigenvalue weighted by Crippen LogP contribution is 2.02. The lowest BCUT2D eigenvalue weighted by molar-refractivity contribution is -0.805. The molecule has 0 bridgehead atoms. The molecule has 1 aliphatic rings. The number of hydrogen-bond donors (Lipinski definition) is 1. The molecule has 3 heteroatoms. The summed E-state index contributed by atoms with van der Waals surface area (Å²) < 4.78 is 0.927. The number of likely N-dealkylation sites (N-methyl/N-ethyl adjacent to an activating group) is 1. The fourth-order valence-electron chi connectivity index (χ4n) is 1.06. The molecule has 1 heterocycles. The third-order valence-corrected chi connectivity index (χ3v) is 1.74. The molecule has 1 aliphatic heterocycles. The van der Waals surface area contributed by atoms with Crippen molar-refractivity contribution in [2.75, 3.05) is 33.2 Å². The summed E-state index contributed by atoms with van der Waals surface area (Å²) in [5, 5.41) is 0. The van der Waals surface area contributed by atoms with Crippen molar-refractivity contribution in [2.45, 2.75) is 0 Å². The number of aliphatic imine (C=N–C) groups is 1. The Balaban J connectivity index is 2.42. The zero-order chi connectivity index (χ0) is 6.74. The molecule has 1 unspecified atom stereocenters. The first-order valence-electron chi connectivity index (χ1n) is 3.32. The van der Waals surface area contributed by atoms with Crippen molar-refractivity contribution in [3.63, 3.8) is 0 Å². The summed E-state index contributed by atoms with van der Waals surface area (Å²) in [4.78, 5) is 4.15. The predicted molar refractivity (Wildman–Crippen MR) is 38.3 cm³/mol. The third kappa shape index (κ3) is 1.50. The second-order valence-electron chi connectivity index (χ2n) is 2.74. The van der Waals surface area contributed by atoms with Crippen LogP contribution in [0.4, 0.5) is 0 Å². The first kappa shape index (κ1) is 6.71. The number of quaternary nitrogens is 1. The lowest BCUT2D eigenvalue weighted by Crippen LogP contribution is -2.44. The van der Waals surface area contributed by atoms with Gasteiger partial charge >= 0.3 is 0 Å². The van der Waals surface area contributed by atoms with Gasteiger partial charge in [-0.05, 0) is 0 Å². The zero-order valence-electron chi connectivity index (χ0n) is 5.88. The van der Waals surface area contributed by atoms with Gasteiger partial charge in [0, 0.05) is 6.54 Å². The molecule has 0 amide bonds. The smallest absolute Gasteiger partial charge is 0.185 e. The minimum Gasteiger partial charge on any atom is -0.326 e. The quantitative estimate of drug-likeness (QED) is 0.497. The first-order valence-corrected chi connectivity index (χ1v) is 3.32. The van der Waals surface area contributed by atoms with Crippen molar-refractivity contribution in [3.8, 4) is 0 Å². The van der Waals surface area contributed by atoms with Gasteiger partial charge in [-0.25, -0.2) is 4.99 Å². The Kier molecular flexibility index (Phi) is 1.83. The zero-order valence-corrected chi connectivity index (χ0v) is 5.88. The normalized spacial score (nSPS) is 33.6. The Morgan fingerprint density at radius 2 is 2.56 bits per heavy atom. The van der Waals surface area contributed by atoms with Crippen LogP contribution in [0.5, 0.6) is 0 Å². The van der Waals surface area contributed by atoms with E-state index < -0.39 is 0 Å². The minimum atomic E-state index is 0.752. The number of rotatable bonds is 2. The van der Waals surface area contributed by atoms with Gasteiger partial charge in [-0.15, -0.1) is 0 Å². The molecule has 0 saturated heterocycles. The third-order valence-electron chi connectivity index (χ3n) is 1.74. The molecule has 3 nitrogen and oxygen atoms in total. The van der Waals surface area contributed by atoms with Gasteiger partial charge in [-0.1, -0.05) is 0 Å². The van der Waals surface area contributed by atoms with E-state index in [2.05, 4.69) is 12.0 Å². The molecule has 0 aromatic rings. The standard InChI is InChI=1S/C6H14N3/c1-9(4-2-7)5-3-8-6-9/h6H,2-5,7H2,1H3/q+1. The molecular weight excluding hydrogens is 114 g/mol. The highest BCUT2D eigenvalue weighted by Gasteiger charge is 2.21. The number of hydrogen-bond acceptors (Lipinski definition) is 2. The Labute approximate surface area is 55.8 Å². The van der Waals surface area contributed by atoms with Crippen LogP contribution >= 0.6 is 0 Å². The summed E-state index contributed by atoms with van der Waals surface area (Å²) in [6.45, 7) is 3.86. The first-order chi connectivity index (χ1) is 4.27. The monoisotopic (exact) mass is 128 g/mol. The van der Waals surface area contributed by atoms with E-state index in [1.54, 1.807) is 0 Å². The van der Waals surface area contributed by atoms with Crippen LogP contribution in [0, 0.1) is 0 Å². The molecule has 0 radical (unpaired) electrons. The average Bonchev–Trinajstić information content (AvgIpc) is 2.16. The van der Waals surface area contributed by atoms with Crippen LogP contribution in [0.25, 0.3) is 0 Å². The molecule has 1 rings (SSSR count). The highest BCUT2D eigenvalue weighted by molar-refractivity contribution is 5.47. The molecule has 0 aliphatic carbocycles. The molecule has 52 valence electrons. The van der Waals surface area contributed by atoms with Gasteiger partial charge in [0.05, 0.1) is 20.1 Å². The lowest BCUT2D eigenvalue weighted by Gasteiger charge is -2.23. The van der Waals surface area contributed by atoms with Crippen molar-refractivity contribution in [3.05, 3.63) is 0 Å². The van der Waals surface area contributed by atoms with E-state index in [0.717, 1.165) is 30.7 Å². The van der Waals surface area contributed by atoms with Crippen LogP contribution in [0.15, 0.2) is 4.99 Å². The van der Waals surface area contributed by atoms with Crippen molar-refractivity contribution in [1.82, 2.24) is 0 Å². The van der Waals surface area contributed by atoms with Crippen molar-refractivity contribution < 1.29 is 4.48 Å². The Hall–Kier alpha value is -0.410. The average molecular weight is 128 g/mol. The van der Waals surface area contributed by atoms with E-state index in [1.807, 2.05) is 6.34 Å².